The van der Waals surface area contributed by atoms with Crippen LogP contribution in [-0.2, 0) is 0 Å². The third-order valence-electron chi connectivity index (χ3n) is 1.14. The van der Waals surface area contributed by atoms with Gasteiger partial charge >= 0.3 is 0 Å². The van der Waals surface area contributed by atoms with Crippen molar-refractivity contribution in [3.05, 3.63) is 18.5 Å². The molecular weight excluding hydrogens is 163 g/mol. The molecule has 11 heavy (non-hydrogen) atoms. The van der Waals surface area contributed by atoms with Crippen molar-refractivity contribution in [3.63, 3.8) is 0 Å². The molecule has 0 aliphatic carbocycles. The van der Waals surface area contributed by atoms with E-state index in [9.17, 15) is 4.39 Å². The van der Waals surface area contributed by atoms with Gasteiger partial charge in [0.2, 0.25) is 0 Å². The molecule has 0 saturated heterocycles. The van der Waals surface area contributed by atoms with Gasteiger partial charge in [-0.15, -0.1) is 11.8 Å². The molecule has 0 spiro atoms. The Bertz CT molecular complexity index is 229. The van der Waals surface area contributed by atoms with E-state index in [-0.39, 0.29) is 6.67 Å². The maximum absolute atomic E-state index is 11.7. The monoisotopic (exact) mass is 172 g/mol. The van der Waals surface area contributed by atoms with Crippen molar-refractivity contribution in [1.82, 2.24) is 4.98 Å². The lowest BCUT2D eigenvalue weighted by molar-refractivity contribution is 0.533. The van der Waals surface area contributed by atoms with Crippen molar-refractivity contribution in [2.75, 3.05) is 18.2 Å². The van der Waals surface area contributed by atoms with Gasteiger partial charge in [0, 0.05) is 16.8 Å². The predicted molar refractivity (Wildman–Crippen MR) is 45.3 cm³/mol. The quantitative estimate of drug-likeness (QED) is 0.706. The highest BCUT2D eigenvalue weighted by Crippen LogP contribution is 2.22. The van der Waals surface area contributed by atoms with E-state index < -0.39 is 0 Å². The number of pyridine rings is 1. The molecule has 0 fully saturated rings. The zero-order valence-corrected chi connectivity index (χ0v) is 6.77. The molecule has 0 aromatic carbocycles. The summed E-state index contributed by atoms with van der Waals surface area (Å²) >= 11 is 1.41. The van der Waals surface area contributed by atoms with Crippen LogP contribution in [0.5, 0.6) is 0 Å². The van der Waals surface area contributed by atoms with Crippen LogP contribution in [0.4, 0.5) is 10.1 Å². The summed E-state index contributed by atoms with van der Waals surface area (Å²) in [5.74, 6) is 0.453. The molecular formula is C7H9FN2S. The topological polar surface area (TPSA) is 38.9 Å². The van der Waals surface area contributed by atoms with Gasteiger partial charge in [-0.25, -0.2) is 0 Å². The van der Waals surface area contributed by atoms with E-state index >= 15 is 0 Å². The minimum Gasteiger partial charge on any atom is -0.397 e. The molecule has 1 aromatic rings. The fourth-order valence-corrected chi connectivity index (χ4v) is 1.35. The van der Waals surface area contributed by atoms with Crippen molar-refractivity contribution in [2.24, 2.45) is 0 Å². The Morgan fingerprint density at radius 2 is 2.45 bits per heavy atom. The first kappa shape index (κ1) is 8.33. The molecule has 0 saturated carbocycles. The van der Waals surface area contributed by atoms with Gasteiger partial charge < -0.3 is 5.73 Å². The molecule has 0 radical (unpaired) electrons. The number of aromatic nitrogens is 1. The number of hydrogen-bond acceptors (Lipinski definition) is 3. The van der Waals surface area contributed by atoms with Gasteiger partial charge in [-0.3, -0.25) is 9.37 Å². The van der Waals surface area contributed by atoms with Crippen LogP contribution in [0.3, 0.4) is 0 Å². The van der Waals surface area contributed by atoms with Gasteiger partial charge in [-0.1, -0.05) is 0 Å². The average Bonchev–Trinajstić information content (AvgIpc) is 2.03. The number of nitrogens with two attached hydrogens (primary N) is 1. The summed E-state index contributed by atoms with van der Waals surface area (Å²) in [6.45, 7) is -0.327. The van der Waals surface area contributed by atoms with Crippen LogP contribution < -0.4 is 5.73 Å². The minimum atomic E-state index is -0.327. The summed E-state index contributed by atoms with van der Waals surface area (Å²) in [5.41, 5.74) is 6.17. The van der Waals surface area contributed by atoms with Gasteiger partial charge in [0.25, 0.3) is 0 Å². The highest BCUT2D eigenvalue weighted by Gasteiger charge is 1.97. The molecule has 2 nitrogen and oxygen atoms in total. The lowest BCUT2D eigenvalue weighted by Crippen LogP contribution is -1.90. The Morgan fingerprint density at radius 3 is 3.09 bits per heavy atom. The Kier molecular flexibility index (Phi) is 3.16. The van der Waals surface area contributed by atoms with Crippen LogP contribution in [-0.4, -0.2) is 17.4 Å². The highest BCUT2D eigenvalue weighted by atomic mass is 32.2. The Labute approximate surface area is 69.0 Å². The second-order valence-corrected chi connectivity index (χ2v) is 3.09. The second kappa shape index (κ2) is 4.18. The molecule has 2 N–H and O–H groups in total. The van der Waals surface area contributed by atoms with E-state index in [1.54, 1.807) is 18.5 Å². The van der Waals surface area contributed by atoms with E-state index in [1.807, 2.05) is 0 Å². The number of nitrogens with zero attached hydrogens (tertiary/aromatic N) is 1. The van der Waals surface area contributed by atoms with Crippen molar-refractivity contribution < 1.29 is 4.39 Å². The van der Waals surface area contributed by atoms with Crippen molar-refractivity contribution >= 4 is 17.4 Å². The van der Waals surface area contributed by atoms with Gasteiger partial charge in [-0.2, -0.15) is 0 Å². The molecule has 0 aliphatic rings. The normalized spacial score (nSPS) is 9.91. The third-order valence-corrected chi connectivity index (χ3v) is 2.19. The molecule has 0 atom stereocenters. The first-order valence-electron chi connectivity index (χ1n) is 3.23. The number of rotatable bonds is 3. The van der Waals surface area contributed by atoms with Crippen molar-refractivity contribution in [2.45, 2.75) is 4.90 Å². The van der Waals surface area contributed by atoms with Crippen LogP contribution in [0.2, 0.25) is 0 Å². The fraction of sp³-hybridized carbons (Fsp3) is 0.286. The second-order valence-electron chi connectivity index (χ2n) is 1.95. The van der Waals surface area contributed by atoms with Crippen LogP contribution in [0.15, 0.2) is 23.4 Å². The van der Waals surface area contributed by atoms with E-state index in [0.29, 0.717) is 11.4 Å². The molecule has 0 amide bonds. The van der Waals surface area contributed by atoms with E-state index in [1.165, 1.54) is 11.8 Å². The number of anilines is 1. The largest absolute Gasteiger partial charge is 0.397 e. The summed E-state index contributed by atoms with van der Waals surface area (Å²) < 4.78 is 11.7. The number of thioether (sulfide) groups is 1. The Morgan fingerprint density at radius 1 is 1.64 bits per heavy atom. The summed E-state index contributed by atoms with van der Waals surface area (Å²) in [6.07, 6.45) is 3.22. The van der Waals surface area contributed by atoms with Gasteiger partial charge in [0.05, 0.1) is 18.6 Å². The average molecular weight is 172 g/mol. The van der Waals surface area contributed by atoms with Crippen LogP contribution in [0.1, 0.15) is 0 Å². The molecule has 0 aliphatic heterocycles. The first-order valence-corrected chi connectivity index (χ1v) is 4.21. The maximum atomic E-state index is 11.7. The summed E-state index contributed by atoms with van der Waals surface area (Å²) in [7, 11) is 0. The highest BCUT2D eigenvalue weighted by molar-refractivity contribution is 7.99. The fourth-order valence-electron chi connectivity index (χ4n) is 0.674. The van der Waals surface area contributed by atoms with E-state index in [2.05, 4.69) is 4.98 Å². The molecule has 0 bridgehead atoms. The first-order chi connectivity index (χ1) is 5.34. The van der Waals surface area contributed by atoms with Crippen molar-refractivity contribution in [3.8, 4) is 0 Å². The summed E-state index contributed by atoms with van der Waals surface area (Å²) in [5, 5.41) is 0. The third kappa shape index (κ3) is 2.38. The van der Waals surface area contributed by atoms with Crippen LogP contribution >= 0.6 is 11.8 Å². The number of nitrogen functional groups attached to an aromatic ring is 1. The molecule has 0 unspecified atom stereocenters. The maximum Gasteiger partial charge on any atom is 0.0988 e. The smallest absolute Gasteiger partial charge is 0.0988 e. The van der Waals surface area contributed by atoms with Crippen LogP contribution in [0.25, 0.3) is 0 Å². The van der Waals surface area contributed by atoms with Gasteiger partial charge in [-0.05, 0) is 6.07 Å². The Hall–Kier alpha value is -0.770. The number of hydrogen-bond donors (Lipinski definition) is 1. The Balaban J connectivity index is 2.62. The van der Waals surface area contributed by atoms with Crippen LogP contribution in [0, 0.1) is 0 Å². The minimum absolute atomic E-state index is 0.327. The zero-order valence-electron chi connectivity index (χ0n) is 5.96. The van der Waals surface area contributed by atoms with E-state index in [0.717, 1.165) is 4.90 Å². The van der Waals surface area contributed by atoms with E-state index in [4.69, 9.17) is 5.73 Å². The molecule has 60 valence electrons. The molecule has 1 aromatic heterocycles. The molecule has 1 rings (SSSR count). The molecule has 4 heteroatoms. The van der Waals surface area contributed by atoms with Gasteiger partial charge in [0.15, 0.2) is 0 Å². The number of halogens is 1. The zero-order chi connectivity index (χ0) is 8.10. The van der Waals surface area contributed by atoms with Gasteiger partial charge in [0.1, 0.15) is 0 Å². The lowest BCUT2D eigenvalue weighted by Gasteiger charge is -2.00. The summed E-state index contributed by atoms with van der Waals surface area (Å²) in [4.78, 5) is 4.72. The van der Waals surface area contributed by atoms with Crippen molar-refractivity contribution in [1.29, 1.82) is 0 Å². The summed E-state index contributed by atoms with van der Waals surface area (Å²) in [6, 6.07) is 1.79. The molecule has 1 heterocycles. The SMILES string of the molecule is Nc1cnccc1SCCF. The standard InChI is InChI=1S/C7H9FN2S/c8-2-4-11-7-1-3-10-5-6(7)9/h1,3,5H,2,4,9H2. The number of alkyl halides is 1. The predicted octanol–water partition coefficient (Wildman–Crippen LogP) is 1.73. The lowest BCUT2D eigenvalue weighted by atomic mass is 10.4.